The summed E-state index contributed by atoms with van der Waals surface area (Å²) in [7, 11) is 4.27. The predicted octanol–water partition coefficient (Wildman–Crippen LogP) is 2.03. The zero-order valence-electron chi connectivity index (χ0n) is 18.5. The Morgan fingerprint density at radius 1 is 1.03 bits per heavy atom. The third kappa shape index (κ3) is 5.59. The molecule has 0 unspecified atom stereocenters. The average Bonchev–Trinajstić information content (AvgIpc) is 3.23. The number of hydrogen-bond donors (Lipinski definition) is 1. The molecule has 3 rings (SSSR count). The van der Waals surface area contributed by atoms with Crippen molar-refractivity contribution in [3.63, 3.8) is 0 Å². The second-order valence-electron chi connectivity index (χ2n) is 7.17. The van der Waals surface area contributed by atoms with Crippen molar-refractivity contribution >= 4 is 35.1 Å². The van der Waals surface area contributed by atoms with Crippen LogP contribution in [0.4, 0.5) is 11.4 Å². The van der Waals surface area contributed by atoms with Gasteiger partial charge < -0.3 is 29.2 Å². The van der Waals surface area contributed by atoms with Crippen LogP contribution in [0.1, 0.15) is 16.8 Å². The van der Waals surface area contributed by atoms with E-state index in [4.69, 9.17) is 14.2 Å². The molecule has 0 spiro atoms. The molecule has 1 aliphatic heterocycles. The van der Waals surface area contributed by atoms with Crippen LogP contribution in [-0.2, 0) is 23.9 Å². The Kier molecular flexibility index (Phi) is 7.50. The number of amides is 2. The number of benzene rings is 2. The smallest absolute Gasteiger partial charge is 0.337 e. The Balaban J connectivity index is 1.55. The van der Waals surface area contributed by atoms with E-state index in [0.717, 1.165) is 0 Å². The van der Waals surface area contributed by atoms with Crippen molar-refractivity contribution < 1.29 is 38.1 Å². The highest BCUT2D eigenvalue weighted by atomic mass is 16.5. The molecule has 1 saturated heterocycles. The van der Waals surface area contributed by atoms with Crippen molar-refractivity contribution in [1.82, 2.24) is 0 Å². The molecule has 1 heterocycles. The van der Waals surface area contributed by atoms with Gasteiger partial charge in [0.15, 0.2) is 6.61 Å². The van der Waals surface area contributed by atoms with E-state index in [-0.39, 0.29) is 18.9 Å². The molecular formula is C23H24N2O8. The summed E-state index contributed by atoms with van der Waals surface area (Å²) in [6.07, 6.45) is -0.0458. The maximum Gasteiger partial charge on any atom is 0.337 e. The SMILES string of the molecule is COC(=O)c1ccc(NC(=O)COC(=O)[C@H]2CC(=O)N(c3cc(OC)ccc3OC)C2)cc1. The summed E-state index contributed by atoms with van der Waals surface area (Å²) in [6, 6.07) is 11.1. The van der Waals surface area contributed by atoms with E-state index in [2.05, 4.69) is 10.1 Å². The number of carbonyl (C=O) groups is 4. The first kappa shape index (κ1) is 23.6. The van der Waals surface area contributed by atoms with E-state index in [0.29, 0.717) is 28.4 Å². The Labute approximate surface area is 190 Å². The standard InChI is InChI=1S/C23H24N2O8/c1-30-17-8-9-19(31-2)18(11-17)25-12-15(10-21(25)27)23(29)33-13-20(26)24-16-6-4-14(5-7-16)22(28)32-3/h4-9,11,15H,10,12-13H2,1-3H3,(H,24,26)/t15-/m0/s1. The van der Waals surface area contributed by atoms with Gasteiger partial charge in [-0.1, -0.05) is 0 Å². The number of methoxy groups -OCH3 is 3. The number of nitrogens with one attached hydrogen (secondary N) is 1. The first-order valence-electron chi connectivity index (χ1n) is 10.0. The van der Waals surface area contributed by atoms with E-state index in [1.165, 1.54) is 50.5 Å². The van der Waals surface area contributed by atoms with Crippen LogP contribution in [0.3, 0.4) is 0 Å². The summed E-state index contributed by atoms with van der Waals surface area (Å²) in [5.41, 5.74) is 1.26. The van der Waals surface area contributed by atoms with Gasteiger partial charge >= 0.3 is 11.9 Å². The summed E-state index contributed by atoms with van der Waals surface area (Å²) in [6.45, 7) is -0.414. The Hall–Kier alpha value is -4.08. The van der Waals surface area contributed by atoms with E-state index < -0.39 is 30.4 Å². The zero-order valence-corrected chi connectivity index (χ0v) is 18.5. The zero-order chi connectivity index (χ0) is 24.0. The predicted molar refractivity (Wildman–Crippen MR) is 117 cm³/mol. The van der Waals surface area contributed by atoms with Gasteiger partial charge in [-0.15, -0.1) is 0 Å². The minimum absolute atomic E-state index is 0.0458. The monoisotopic (exact) mass is 456 g/mol. The fraction of sp³-hybridized carbons (Fsp3) is 0.304. The Bertz CT molecular complexity index is 1050. The molecule has 0 radical (unpaired) electrons. The third-order valence-corrected chi connectivity index (χ3v) is 5.07. The minimum Gasteiger partial charge on any atom is -0.497 e. The molecule has 2 aromatic carbocycles. The van der Waals surface area contributed by atoms with Gasteiger partial charge in [0.25, 0.3) is 5.91 Å². The van der Waals surface area contributed by atoms with Gasteiger partial charge in [-0.05, 0) is 36.4 Å². The van der Waals surface area contributed by atoms with Crippen molar-refractivity contribution in [3.8, 4) is 11.5 Å². The molecule has 10 heteroatoms. The van der Waals surface area contributed by atoms with Crippen LogP contribution < -0.4 is 19.7 Å². The van der Waals surface area contributed by atoms with Gasteiger partial charge in [-0.2, -0.15) is 0 Å². The van der Waals surface area contributed by atoms with E-state index in [9.17, 15) is 19.2 Å². The first-order chi connectivity index (χ1) is 15.9. The molecule has 1 fully saturated rings. The molecule has 1 N–H and O–H groups in total. The summed E-state index contributed by atoms with van der Waals surface area (Å²) in [4.78, 5) is 50.0. The van der Waals surface area contributed by atoms with Crippen LogP contribution in [0, 0.1) is 5.92 Å². The summed E-state index contributed by atoms with van der Waals surface area (Å²) in [5.74, 6) is -1.67. The number of carbonyl (C=O) groups excluding carboxylic acids is 4. The molecule has 174 valence electrons. The van der Waals surface area contributed by atoms with Crippen LogP contribution in [-0.4, -0.2) is 58.2 Å². The van der Waals surface area contributed by atoms with Crippen LogP contribution in [0.2, 0.25) is 0 Å². The quantitative estimate of drug-likeness (QED) is 0.599. The highest BCUT2D eigenvalue weighted by molar-refractivity contribution is 6.01. The number of rotatable bonds is 8. The van der Waals surface area contributed by atoms with Gasteiger partial charge in [-0.25, -0.2) is 4.79 Å². The van der Waals surface area contributed by atoms with Crippen LogP contribution in [0.15, 0.2) is 42.5 Å². The second-order valence-corrected chi connectivity index (χ2v) is 7.17. The maximum atomic E-state index is 12.5. The van der Waals surface area contributed by atoms with Crippen molar-refractivity contribution in [2.75, 3.05) is 44.7 Å². The molecule has 2 amide bonds. The van der Waals surface area contributed by atoms with Gasteiger partial charge in [0.05, 0.1) is 38.5 Å². The van der Waals surface area contributed by atoms with Gasteiger partial charge in [0.2, 0.25) is 5.91 Å². The van der Waals surface area contributed by atoms with Gasteiger partial charge in [0, 0.05) is 24.7 Å². The Morgan fingerprint density at radius 3 is 2.39 bits per heavy atom. The highest BCUT2D eigenvalue weighted by Gasteiger charge is 2.37. The number of nitrogens with zero attached hydrogens (tertiary/aromatic N) is 1. The molecule has 1 aliphatic rings. The van der Waals surface area contributed by atoms with Crippen LogP contribution in [0.25, 0.3) is 0 Å². The minimum atomic E-state index is -0.722. The lowest BCUT2D eigenvalue weighted by atomic mass is 10.1. The lowest BCUT2D eigenvalue weighted by Gasteiger charge is -2.20. The summed E-state index contributed by atoms with van der Waals surface area (Å²) in [5, 5.41) is 2.57. The maximum absolute atomic E-state index is 12.5. The normalized spacial score (nSPS) is 15.1. The molecule has 10 nitrogen and oxygen atoms in total. The molecule has 1 atom stereocenters. The topological polar surface area (TPSA) is 120 Å². The fourth-order valence-corrected chi connectivity index (χ4v) is 3.37. The molecule has 0 saturated carbocycles. The van der Waals surface area contributed by atoms with Crippen LogP contribution >= 0.6 is 0 Å². The number of ether oxygens (including phenoxy) is 4. The molecule has 33 heavy (non-hydrogen) atoms. The van der Waals surface area contributed by atoms with Gasteiger partial charge in [-0.3, -0.25) is 14.4 Å². The van der Waals surface area contributed by atoms with Crippen molar-refractivity contribution in [2.45, 2.75) is 6.42 Å². The Morgan fingerprint density at radius 2 is 1.76 bits per heavy atom. The molecule has 0 bridgehead atoms. The largest absolute Gasteiger partial charge is 0.497 e. The highest BCUT2D eigenvalue weighted by Crippen LogP contribution is 2.36. The fourth-order valence-electron chi connectivity index (χ4n) is 3.37. The first-order valence-corrected chi connectivity index (χ1v) is 10.0. The van der Waals surface area contributed by atoms with E-state index in [1.54, 1.807) is 18.2 Å². The third-order valence-electron chi connectivity index (χ3n) is 5.07. The molecular weight excluding hydrogens is 432 g/mol. The molecule has 2 aromatic rings. The van der Waals surface area contributed by atoms with Crippen molar-refractivity contribution in [2.24, 2.45) is 5.92 Å². The molecule has 0 aliphatic carbocycles. The number of esters is 2. The van der Waals surface area contributed by atoms with Crippen molar-refractivity contribution in [3.05, 3.63) is 48.0 Å². The lowest BCUT2D eigenvalue weighted by molar-refractivity contribution is -0.151. The summed E-state index contributed by atoms with van der Waals surface area (Å²) < 4.78 is 20.3. The summed E-state index contributed by atoms with van der Waals surface area (Å²) >= 11 is 0. The lowest BCUT2D eigenvalue weighted by Crippen LogP contribution is -2.28. The van der Waals surface area contributed by atoms with Crippen molar-refractivity contribution in [1.29, 1.82) is 0 Å². The van der Waals surface area contributed by atoms with E-state index >= 15 is 0 Å². The number of anilines is 2. The van der Waals surface area contributed by atoms with Crippen LogP contribution in [0.5, 0.6) is 11.5 Å². The molecule has 0 aromatic heterocycles. The van der Waals surface area contributed by atoms with Gasteiger partial charge in [0.1, 0.15) is 11.5 Å². The van der Waals surface area contributed by atoms with E-state index in [1.807, 2.05) is 0 Å². The number of hydrogen-bond acceptors (Lipinski definition) is 8. The average molecular weight is 456 g/mol. The second kappa shape index (κ2) is 10.5.